The standard InChI is InChI=1S/C11H13ClN2O3.ClH/c12-8-1-2-9(10(4-8)14-6-15)7(5-13)3-11(16)17;/h1-2,4,6-7H,3,5,13H2,(H,14,15)(H,16,17);1H/t7-;/m0./s1. The molecule has 1 amide bonds. The van der Waals surface area contributed by atoms with Crippen LogP contribution in [0.2, 0.25) is 5.02 Å². The highest BCUT2D eigenvalue weighted by molar-refractivity contribution is 6.30. The Morgan fingerprint density at radius 1 is 1.56 bits per heavy atom. The first-order valence-electron chi connectivity index (χ1n) is 5.00. The van der Waals surface area contributed by atoms with Crippen LogP contribution in [0.5, 0.6) is 0 Å². The fraction of sp³-hybridized carbons (Fsp3) is 0.273. The van der Waals surface area contributed by atoms with Gasteiger partial charge < -0.3 is 16.2 Å². The summed E-state index contributed by atoms with van der Waals surface area (Å²) >= 11 is 5.80. The normalized spacial score (nSPS) is 11.2. The van der Waals surface area contributed by atoms with Gasteiger partial charge in [0.2, 0.25) is 6.41 Å². The monoisotopic (exact) mass is 292 g/mol. The van der Waals surface area contributed by atoms with E-state index in [1.165, 1.54) is 0 Å². The summed E-state index contributed by atoms with van der Waals surface area (Å²) in [5.74, 6) is -1.29. The zero-order valence-corrected chi connectivity index (χ0v) is 11.0. The second-order valence-corrected chi connectivity index (χ2v) is 3.96. The number of carboxylic acid groups (broad SMARTS) is 1. The number of carbonyl (C=O) groups is 2. The fourth-order valence-electron chi connectivity index (χ4n) is 1.60. The first-order valence-corrected chi connectivity index (χ1v) is 5.37. The number of benzene rings is 1. The summed E-state index contributed by atoms with van der Waals surface area (Å²) in [7, 11) is 0. The van der Waals surface area contributed by atoms with E-state index in [0.717, 1.165) is 0 Å². The summed E-state index contributed by atoms with van der Waals surface area (Å²) in [5, 5.41) is 11.7. The average molecular weight is 293 g/mol. The molecule has 7 heteroatoms. The van der Waals surface area contributed by atoms with Crippen molar-refractivity contribution in [2.45, 2.75) is 12.3 Å². The third-order valence-electron chi connectivity index (χ3n) is 2.38. The number of hydrogen-bond donors (Lipinski definition) is 3. The van der Waals surface area contributed by atoms with Crippen molar-refractivity contribution in [3.05, 3.63) is 28.8 Å². The Labute approximate surface area is 116 Å². The summed E-state index contributed by atoms with van der Waals surface area (Å²) in [6.45, 7) is 0.182. The second-order valence-electron chi connectivity index (χ2n) is 3.52. The Hall–Kier alpha value is -1.30. The lowest BCUT2D eigenvalue weighted by Crippen LogP contribution is -2.17. The van der Waals surface area contributed by atoms with Gasteiger partial charge >= 0.3 is 5.97 Å². The maximum absolute atomic E-state index is 10.7. The topological polar surface area (TPSA) is 92.4 Å². The fourth-order valence-corrected chi connectivity index (χ4v) is 1.78. The average Bonchev–Trinajstić information content (AvgIpc) is 2.27. The predicted octanol–water partition coefficient (Wildman–Crippen LogP) is 1.85. The molecule has 0 aliphatic rings. The SMILES string of the molecule is Cl.NC[C@H](CC(=O)O)c1ccc(Cl)cc1NC=O. The van der Waals surface area contributed by atoms with Crippen molar-refractivity contribution in [2.75, 3.05) is 11.9 Å². The molecular formula is C11H14Cl2N2O3. The minimum Gasteiger partial charge on any atom is -0.481 e. The number of aliphatic carboxylic acids is 1. The minimum absolute atomic E-state index is 0. The van der Waals surface area contributed by atoms with Crippen molar-refractivity contribution in [3.8, 4) is 0 Å². The summed E-state index contributed by atoms with van der Waals surface area (Å²) in [5.41, 5.74) is 6.71. The molecule has 100 valence electrons. The van der Waals surface area contributed by atoms with Crippen LogP contribution in [0.25, 0.3) is 0 Å². The summed E-state index contributed by atoms with van der Waals surface area (Å²) in [6, 6.07) is 4.88. The molecule has 5 nitrogen and oxygen atoms in total. The van der Waals surface area contributed by atoms with Gasteiger partial charge in [-0.25, -0.2) is 0 Å². The van der Waals surface area contributed by atoms with E-state index in [2.05, 4.69) is 5.32 Å². The molecule has 0 unspecified atom stereocenters. The van der Waals surface area contributed by atoms with Crippen LogP contribution in [0.4, 0.5) is 5.69 Å². The van der Waals surface area contributed by atoms with Crippen molar-refractivity contribution in [1.29, 1.82) is 0 Å². The molecule has 1 aromatic rings. The van der Waals surface area contributed by atoms with E-state index >= 15 is 0 Å². The van der Waals surface area contributed by atoms with Gasteiger partial charge in [0.15, 0.2) is 0 Å². The van der Waals surface area contributed by atoms with Gasteiger partial charge in [0.25, 0.3) is 0 Å². The van der Waals surface area contributed by atoms with E-state index in [1.54, 1.807) is 18.2 Å². The maximum atomic E-state index is 10.7. The van der Waals surface area contributed by atoms with Gasteiger partial charge in [-0.3, -0.25) is 9.59 Å². The number of hydrogen-bond acceptors (Lipinski definition) is 3. The molecule has 1 rings (SSSR count). The molecule has 1 aromatic carbocycles. The number of carbonyl (C=O) groups excluding carboxylic acids is 1. The van der Waals surface area contributed by atoms with Gasteiger partial charge in [-0.15, -0.1) is 12.4 Å². The highest BCUT2D eigenvalue weighted by atomic mass is 35.5. The van der Waals surface area contributed by atoms with E-state index in [-0.39, 0.29) is 31.3 Å². The van der Waals surface area contributed by atoms with Crippen LogP contribution in [-0.2, 0) is 9.59 Å². The van der Waals surface area contributed by atoms with Crippen LogP contribution in [-0.4, -0.2) is 24.0 Å². The van der Waals surface area contributed by atoms with Crippen LogP contribution >= 0.6 is 24.0 Å². The number of anilines is 1. The van der Waals surface area contributed by atoms with Crippen LogP contribution in [0, 0.1) is 0 Å². The van der Waals surface area contributed by atoms with Gasteiger partial charge in [-0.1, -0.05) is 17.7 Å². The Morgan fingerprint density at radius 3 is 2.72 bits per heavy atom. The Balaban J connectivity index is 0.00000289. The number of amides is 1. The first kappa shape index (κ1) is 16.7. The molecule has 0 radical (unpaired) electrons. The third kappa shape index (κ3) is 4.52. The van der Waals surface area contributed by atoms with E-state index < -0.39 is 5.97 Å². The lowest BCUT2D eigenvalue weighted by Gasteiger charge is -2.16. The molecule has 1 atom stereocenters. The molecule has 0 aliphatic heterocycles. The lowest BCUT2D eigenvalue weighted by atomic mass is 9.94. The number of carboxylic acids is 1. The van der Waals surface area contributed by atoms with E-state index in [9.17, 15) is 9.59 Å². The number of nitrogens with one attached hydrogen (secondary N) is 1. The summed E-state index contributed by atoms with van der Waals surface area (Å²) in [6.07, 6.45) is 0.426. The van der Waals surface area contributed by atoms with E-state index in [1.807, 2.05) is 0 Å². The molecule has 0 fully saturated rings. The van der Waals surface area contributed by atoms with Crippen LogP contribution in [0.1, 0.15) is 17.9 Å². The third-order valence-corrected chi connectivity index (χ3v) is 2.61. The van der Waals surface area contributed by atoms with Crippen LogP contribution < -0.4 is 11.1 Å². The highest BCUT2D eigenvalue weighted by Gasteiger charge is 2.17. The van der Waals surface area contributed by atoms with Crippen molar-refractivity contribution < 1.29 is 14.7 Å². The smallest absolute Gasteiger partial charge is 0.304 e. The Bertz CT molecular complexity index is 427. The van der Waals surface area contributed by atoms with Crippen LogP contribution in [0.15, 0.2) is 18.2 Å². The van der Waals surface area contributed by atoms with Crippen LogP contribution in [0.3, 0.4) is 0 Å². The van der Waals surface area contributed by atoms with E-state index in [4.69, 9.17) is 22.4 Å². The lowest BCUT2D eigenvalue weighted by molar-refractivity contribution is -0.137. The molecule has 0 aliphatic carbocycles. The van der Waals surface area contributed by atoms with Gasteiger partial charge in [0.1, 0.15) is 0 Å². The van der Waals surface area contributed by atoms with Crippen molar-refractivity contribution in [2.24, 2.45) is 5.73 Å². The molecule has 0 bridgehead atoms. The van der Waals surface area contributed by atoms with Crippen molar-refractivity contribution in [1.82, 2.24) is 0 Å². The molecule has 0 heterocycles. The predicted molar refractivity (Wildman–Crippen MR) is 72.4 cm³/mol. The number of nitrogens with two attached hydrogens (primary N) is 1. The molecule has 4 N–H and O–H groups in total. The summed E-state index contributed by atoms with van der Waals surface area (Å²) in [4.78, 5) is 21.2. The molecule has 0 saturated heterocycles. The quantitative estimate of drug-likeness (QED) is 0.698. The van der Waals surface area contributed by atoms with Gasteiger partial charge in [-0.2, -0.15) is 0 Å². The molecule has 0 aromatic heterocycles. The molecule has 0 spiro atoms. The molecule has 0 saturated carbocycles. The largest absolute Gasteiger partial charge is 0.481 e. The zero-order chi connectivity index (χ0) is 12.8. The first-order chi connectivity index (χ1) is 8.08. The number of halogens is 2. The second kappa shape index (κ2) is 7.92. The molecular weight excluding hydrogens is 279 g/mol. The molecule has 18 heavy (non-hydrogen) atoms. The highest BCUT2D eigenvalue weighted by Crippen LogP contribution is 2.29. The maximum Gasteiger partial charge on any atom is 0.304 e. The van der Waals surface area contributed by atoms with E-state index in [0.29, 0.717) is 22.7 Å². The minimum atomic E-state index is -0.938. The Morgan fingerprint density at radius 2 is 2.22 bits per heavy atom. The van der Waals surface area contributed by atoms with Crippen molar-refractivity contribution >= 4 is 42.1 Å². The van der Waals surface area contributed by atoms with Gasteiger partial charge in [-0.05, 0) is 24.2 Å². The zero-order valence-electron chi connectivity index (χ0n) is 9.43. The summed E-state index contributed by atoms with van der Waals surface area (Å²) < 4.78 is 0. The van der Waals surface area contributed by atoms with Crippen molar-refractivity contribution in [3.63, 3.8) is 0 Å². The number of rotatable bonds is 6. The van der Waals surface area contributed by atoms with Gasteiger partial charge in [0.05, 0.1) is 6.42 Å². The Kier molecular flexibility index (Phi) is 7.35. The van der Waals surface area contributed by atoms with Gasteiger partial charge in [0, 0.05) is 16.6 Å².